The molecule has 0 radical (unpaired) electrons. The monoisotopic (exact) mass is 243 g/mol. The Labute approximate surface area is 108 Å². The van der Waals surface area contributed by atoms with Crippen LogP contribution >= 0.6 is 0 Å². The van der Waals surface area contributed by atoms with Crippen LogP contribution in [0.3, 0.4) is 0 Å². The van der Waals surface area contributed by atoms with Gasteiger partial charge in [0.15, 0.2) is 0 Å². The summed E-state index contributed by atoms with van der Waals surface area (Å²) in [7, 11) is 0. The maximum absolute atomic E-state index is 12.3. The first-order valence-electron chi connectivity index (χ1n) is 6.24. The molecule has 1 aliphatic rings. The van der Waals surface area contributed by atoms with Gasteiger partial charge in [0, 0.05) is 18.5 Å². The van der Waals surface area contributed by atoms with Crippen molar-refractivity contribution in [1.82, 2.24) is 4.90 Å². The molecule has 0 unspecified atom stereocenters. The van der Waals surface area contributed by atoms with Crippen LogP contribution in [0.15, 0.2) is 18.2 Å². The summed E-state index contributed by atoms with van der Waals surface area (Å²) in [5.41, 5.74) is 1.81. The van der Waals surface area contributed by atoms with Crippen molar-refractivity contribution in [3.05, 3.63) is 29.3 Å². The van der Waals surface area contributed by atoms with E-state index in [-0.39, 0.29) is 5.91 Å². The minimum atomic E-state index is 0.00417. The zero-order valence-corrected chi connectivity index (χ0v) is 10.6. The van der Waals surface area contributed by atoms with Gasteiger partial charge in [-0.05, 0) is 30.2 Å². The molecular formula is C15H17NO2. The predicted octanol–water partition coefficient (Wildman–Crippen LogP) is 2.11. The largest absolute Gasteiger partial charge is 0.493 e. The number of ether oxygens (including phenoxy) is 1. The van der Waals surface area contributed by atoms with Gasteiger partial charge >= 0.3 is 0 Å². The summed E-state index contributed by atoms with van der Waals surface area (Å²) >= 11 is 0. The Morgan fingerprint density at radius 1 is 1.56 bits per heavy atom. The summed E-state index contributed by atoms with van der Waals surface area (Å²) < 4.78 is 5.43. The van der Waals surface area contributed by atoms with Crippen LogP contribution in [0.25, 0.3) is 0 Å². The molecule has 3 heteroatoms. The molecule has 0 saturated carbocycles. The van der Waals surface area contributed by atoms with Crippen molar-refractivity contribution >= 4 is 5.91 Å². The Bertz CT molecular complexity index is 488. The summed E-state index contributed by atoms with van der Waals surface area (Å²) in [5.74, 6) is 3.43. The van der Waals surface area contributed by atoms with Gasteiger partial charge in [-0.25, -0.2) is 0 Å². The van der Waals surface area contributed by atoms with Crippen molar-refractivity contribution in [2.24, 2.45) is 0 Å². The Hall–Kier alpha value is -1.95. The number of carbonyl (C=O) groups is 1. The molecule has 94 valence electrons. The van der Waals surface area contributed by atoms with Crippen LogP contribution in [0.1, 0.15) is 29.3 Å². The predicted molar refractivity (Wildman–Crippen MR) is 70.7 cm³/mol. The SMILES string of the molecule is C#CCN(CCC)C(=O)c1ccc2c(c1)CCO2. The summed E-state index contributed by atoms with van der Waals surface area (Å²) in [6.07, 6.45) is 7.08. The zero-order chi connectivity index (χ0) is 13.0. The molecule has 1 aromatic rings. The van der Waals surface area contributed by atoms with Gasteiger partial charge in [-0.3, -0.25) is 4.79 Å². The van der Waals surface area contributed by atoms with E-state index in [1.807, 2.05) is 25.1 Å². The van der Waals surface area contributed by atoms with Crippen molar-refractivity contribution in [2.45, 2.75) is 19.8 Å². The van der Waals surface area contributed by atoms with Crippen LogP contribution in [-0.4, -0.2) is 30.5 Å². The van der Waals surface area contributed by atoms with Crippen LogP contribution < -0.4 is 4.74 Å². The third-order valence-electron chi connectivity index (χ3n) is 3.00. The third-order valence-corrected chi connectivity index (χ3v) is 3.00. The zero-order valence-electron chi connectivity index (χ0n) is 10.6. The lowest BCUT2D eigenvalue weighted by Gasteiger charge is -2.19. The van der Waals surface area contributed by atoms with E-state index in [2.05, 4.69) is 5.92 Å². The molecule has 1 amide bonds. The van der Waals surface area contributed by atoms with Crippen molar-refractivity contribution < 1.29 is 9.53 Å². The first-order valence-corrected chi connectivity index (χ1v) is 6.24. The fourth-order valence-electron chi connectivity index (χ4n) is 2.13. The summed E-state index contributed by atoms with van der Waals surface area (Å²) in [6, 6.07) is 5.60. The van der Waals surface area contributed by atoms with Gasteiger partial charge in [0.05, 0.1) is 13.2 Å². The van der Waals surface area contributed by atoms with E-state index in [4.69, 9.17) is 11.2 Å². The standard InChI is InChI=1S/C15H17NO2/c1-3-8-16(9-4-2)15(17)13-5-6-14-12(11-13)7-10-18-14/h1,5-6,11H,4,7-10H2,2H3. The Morgan fingerprint density at radius 2 is 2.39 bits per heavy atom. The highest BCUT2D eigenvalue weighted by atomic mass is 16.5. The van der Waals surface area contributed by atoms with E-state index in [0.717, 1.165) is 24.2 Å². The second kappa shape index (κ2) is 5.59. The maximum Gasteiger partial charge on any atom is 0.254 e. The van der Waals surface area contributed by atoms with E-state index in [1.165, 1.54) is 0 Å². The lowest BCUT2D eigenvalue weighted by Crippen LogP contribution is -2.32. The lowest BCUT2D eigenvalue weighted by molar-refractivity contribution is 0.0777. The highest BCUT2D eigenvalue weighted by molar-refractivity contribution is 5.94. The molecule has 2 rings (SSSR count). The van der Waals surface area contributed by atoms with Crippen LogP contribution in [0.4, 0.5) is 0 Å². The number of rotatable bonds is 4. The summed E-state index contributed by atoms with van der Waals surface area (Å²) in [6.45, 7) is 3.79. The van der Waals surface area contributed by atoms with Crippen LogP contribution in [0.5, 0.6) is 5.75 Å². The maximum atomic E-state index is 12.3. The highest BCUT2D eigenvalue weighted by Gasteiger charge is 2.18. The Morgan fingerprint density at radius 3 is 3.11 bits per heavy atom. The number of hydrogen-bond acceptors (Lipinski definition) is 2. The number of amides is 1. The third kappa shape index (κ3) is 2.48. The molecule has 0 bridgehead atoms. The molecule has 1 aliphatic heterocycles. The molecule has 0 saturated heterocycles. The minimum absolute atomic E-state index is 0.00417. The molecule has 0 spiro atoms. The number of hydrogen-bond donors (Lipinski definition) is 0. The number of terminal acetylenes is 1. The van der Waals surface area contributed by atoms with Crippen LogP contribution in [0, 0.1) is 12.3 Å². The number of nitrogens with zero attached hydrogens (tertiary/aromatic N) is 1. The molecule has 0 N–H and O–H groups in total. The second-order valence-electron chi connectivity index (χ2n) is 4.35. The average Bonchev–Trinajstić information content (AvgIpc) is 2.84. The molecule has 0 aromatic heterocycles. The quantitative estimate of drug-likeness (QED) is 0.758. The molecule has 0 atom stereocenters. The normalized spacial score (nSPS) is 12.4. The Kier molecular flexibility index (Phi) is 3.88. The molecule has 18 heavy (non-hydrogen) atoms. The minimum Gasteiger partial charge on any atom is -0.493 e. The lowest BCUT2D eigenvalue weighted by atomic mass is 10.1. The van der Waals surface area contributed by atoms with Gasteiger partial charge in [0.25, 0.3) is 5.91 Å². The second-order valence-corrected chi connectivity index (χ2v) is 4.35. The van der Waals surface area contributed by atoms with Gasteiger partial charge < -0.3 is 9.64 Å². The van der Waals surface area contributed by atoms with Crippen molar-refractivity contribution in [1.29, 1.82) is 0 Å². The number of fused-ring (bicyclic) bond motifs is 1. The van der Waals surface area contributed by atoms with Crippen molar-refractivity contribution in [2.75, 3.05) is 19.7 Å². The fourth-order valence-corrected chi connectivity index (χ4v) is 2.13. The van der Waals surface area contributed by atoms with Crippen molar-refractivity contribution in [3.8, 4) is 18.1 Å². The van der Waals surface area contributed by atoms with Crippen LogP contribution in [-0.2, 0) is 6.42 Å². The van der Waals surface area contributed by atoms with Gasteiger partial charge in [-0.15, -0.1) is 6.42 Å². The molecule has 0 aliphatic carbocycles. The smallest absolute Gasteiger partial charge is 0.254 e. The van der Waals surface area contributed by atoms with Gasteiger partial charge in [0.2, 0.25) is 0 Å². The molecule has 1 heterocycles. The summed E-state index contributed by atoms with van der Waals surface area (Å²) in [4.78, 5) is 14.0. The van der Waals surface area contributed by atoms with E-state index in [0.29, 0.717) is 25.3 Å². The molecular weight excluding hydrogens is 226 g/mol. The molecule has 1 aromatic carbocycles. The van der Waals surface area contributed by atoms with Crippen molar-refractivity contribution in [3.63, 3.8) is 0 Å². The highest BCUT2D eigenvalue weighted by Crippen LogP contribution is 2.26. The fraction of sp³-hybridized carbons (Fsp3) is 0.400. The van der Waals surface area contributed by atoms with E-state index in [9.17, 15) is 4.79 Å². The first kappa shape index (κ1) is 12.5. The van der Waals surface area contributed by atoms with Crippen LogP contribution in [0.2, 0.25) is 0 Å². The Balaban J connectivity index is 2.19. The van der Waals surface area contributed by atoms with Gasteiger partial charge in [-0.2, -0.15) is 0 Å². The van der Waals surface area contributed by atoms with E-state index in [1.54, 1.807) is 4.90 Å². The van der Waals surface area contributed by atoms with E-state index < -0.39 is 0 Å². The topological polar surface area (TPSA) is 29.5 Å². The summed E-state index contributed by atoms with van der Waals surface area (Å²) in [5, 5.41) is 0. The molecule has 3 nitrogen and oxygen atoms in total. The van der Waals surface area contributed by atoms with Gasteiger partial charge in [0.1, 0.15) is 5.75 Å². The average molecular weight is 243 g/mol. The van der Waals surface area contributed by atoms with Gasteiger partial charge in [-0.1, -0.05) is 12.8 Å². The number of carbonyl (C=O) groups excluding carboxylic acids is 1. The van der Waals surface area contributed by atoms with E-state index >= 15 is 0 Å². The number of benzene rings is 1. The molecule has 0 fully saturated rings. The first-order chi connectivity index (χ1) is 8.76.